The summed E-state index contributed by atoms with van der Waals surface area (Å²) in [7, 11) is 0. The molecular weight excluding hydrogens is 774 g/mol. The standard InChI is InChI=1S/C46H59NO13/c1-25-29(55-39(51)33(49)32(27-17-13-11-14-18-27)47-40(52)60-41(3,4)5)23-46(53)37(56-38(50)28-19-15-12-16-20-28)35-44(10,22-21-30-45(35,24-54-30)57-26(2)48)36-34(31(25)42(46,6)7)58-43(8,9)59-36/h11-20,29-30,32-37,49,53H,21-24H2,1-10H3,(H,47,52)/t29-,30+,32-,33+,34+,35-,36-,37-,44+,45-,46+/m0/s1. The third-order valence-corrected chi connectivity index (χ3v) is 13.4. The molecule has 1 amide bonds. The summed E-state index contributed by atoms with van der Waals surface area (Å²) in [5.41, 5.74) is -4.70. The van der Waals surface area contributed by atoms with Crippen molar-refractivity contribution in [2.45, 2.75) is 154 Å². The maximum Gasteiger partial charge on any atom is 0.408 e. The summed E-state index contributed by atoms with van der Waals surface area (Å²) in [6.07, 6.45) is -6.88. The molecule has 2 aromatic carbocycles. The number of esters is 3. The number of benzene rings is 2. The van der Waals surface area contributed by atoms with Gasteiger partial charge in [-0.15, -0.1) is 0 Å². The monoisotopic (exact) mass is 833 g/mol. The normalized spacial score (nSPS) is 34.7. The van der Waals surface area contributed by atoms with E-state index in [-0.39, 0.29) is 18.6 Å². The van der Waals surface area contributed by atoms with Crippen molar-refractivity contribution in [3.63, 3.8) is 0 Å². The fraction of sp³-hybridized carbons (Fsp3) is 0.609. The van der Waals surface area contributed by atoms with E-state index in [1.807, 2.05) is 20.8 Å². The highest BCUT2D eigenvalue weighted by molar-refractivity contribution is 5.89. The maximum absolute atomic E-state index is 14.4. The van der Waals surface area contributed by atoms with Gasteiger partial charge in [-0.2, -0.15) is 0 Å². The molecule has 4 fully saturated rings. The summed E-state index contributed by atoms with van der Waals surface area (Å²) < 4.78 is 44.5. The zero-order valence-electron chi connectivity index (χ0n) is 36.1. The third-order valence-electron chi connectivity index (χ3n) is 13.4. The Kier molecular flexibility index (Phi) is 11.1. The summed E-state index contributed by atoms with van der Waals surface area (Å²) in [5, 5.41) is 28.2. The van der Waals surface area contributed by atoms with Crippen LogP contribution in [0.1, 0.15) is 110 Å². The maximum atomic E-state index is 14.4. The fourth-order valence-corrected chi connectivity index (χ4v) is 10.7. The largest absolute Gasteiger partial charge is 0.456 e. The van der Waals surface area contributed by atoms with Crippen LogP contribution < -0.4 is 5.32 Å². The number of nitrogens with one attached hydrogen (secondary N) is 1. The van der Waals surface area contributed by atoms with Crippen molar-refractivity contribution in [2.75, 3.05) is 6.61 Å². The first-order chi connectivity index (χ1) is 27.9. The lowest BCUT2D eigenvalue weighted by Crippen LogP contribution is -2.79. The number of hydrogen-bond acceptors (Lipinski definition) is 13. The van der Waals surface area contributed by atoms with Crippen molar-refractivity contribution in [3.8, 4) is 0 Å². The lowest BCUT2D eigenvalue weighted by atomic mass is 9.45. The molecular formula is C46H59NO13. The highest BCUT2D eigenvalue weighted by Gasteiger charge is 2.77. The van der Waals surface area contributed by atoms with E-state index >= 15 is 0 Å². The Bertz CT molecular complexity index is 2030. The van der Waals surface area contributed by atoms with Crippen LogP contribution in [0.25, 0.3) is 0 Å². The van der Waals surface area contributed by atoms with Crippen LogP contribution in [-0.4, -0.2) is 100 Å². The summed E-state index contributed by atoms with van der Waals surface area (Å²) in [6, 6.07) is 15.6. The van der Waals surface area contributed by atoms with Crippen molar-refractivity contribution in [1.82, 2.24) is 5.32 Å². The number of carbonyl (C=O) groups excluding carboxylic acids is 4. The predicted molar refractivity (Wildman–Crippen MR) is 215 cm³/mol. The van der Waals surface area contributed by atoms with Gasteiger partial charge in [0.1, 0.15) is 35.6 Å². The Hall–Kier alpha value is -4.34. The topological polar surface area (TPSA) is 185 Å². The van der Waals surface area contributed by atoms with Gasteiger partial charge < -0.3 is 48.7 Å². The lowest BCUT2D eigenvalue weighted by molar-refractivity contribution is -0.346. The molecule has 2 aliphatic heterocycles. The number of alkyl carbamates (subject to hydrolysis) is 1. The number of amides is 1. The average Bonchev–Trinajstić information content (AvgIpc) is 3.48. The molecule has 0 radical (unpaired) electrons. The molecule has 7 rings (SSSR count). The first-order valence-corrected chi connectivity index (χ1v) is 20.7. The molecule has 0 aromatic heterocycles. The molecule has 2 saturated heterocycles. The van der Waals surface area contributed by atoms with Crippen LogP contribution in [0.15, 0.2) is 71.8 Å². The van der Waals surface area contributed by atoms with E-state index in [1.54, 1.807) is 102 Å². The minimum atomic E-state index is -2.05. The van der Waals surface area contributed by atoms with Crippen molar-refractivity contribution in [2.24, 2.45) is 16.7 Å². The highest BCUT2D eigenvalue weighted by Crippen LogP contribution is 2.67. The molecule has 60 heavy (non-hydrogen) atoms. The van der Waals surface area contributed by atoms with E-state index in [2.05, 4.69) is 5.32 Å². The highest BCUT2D eigenvalue weighted by atomic mass is 16.8. The van der Waals surface area contributed by atoms with E-state index in [9.17, 15) is 29.4 Å². The van der Waals surface area contributed by atoms with Gasteiger partial charge in [0.25, 0.3) is 0 Å². The van der Waals surface area contributed by atoms with E-state index in [4.69, 9.17) is 33.2 Å². The second-order valence-electron chi connectivity index (χ2n) is 19.3. The molecule has 11 atom stereocenters. The molecule has 2 aromatic rings. The molecule has 3 aliphatic carbocycles. The van der Waals surface area contributed by atoms with Crippen molar-refractivity contribution in [3.05, 3.63) is 82.9 Å². The summed E-state index contributed by atoms with van der Waals surface area (Å²) >= 11 is 0. The SMILES string of the molecule is CC(=O)O[C@@]12CO[C@@H]1CC[C@@]1(C)[C@H]3OC(C)(C)O[C@@H]3C3=C(C)[C@@H](OC(=O)[C@H](O)[C@@H](NC(=O)OC(C)(C)C)c4ccccc4)C[C@@](O)([C@@H](OC(=O)c4ccccc4)[C@@H]12)C3(C)C. The Morgan fingerprint density at radius 3 is 2.13 bits per heavy atom. The smallest absolute Gasteiger partial charge is 0.408 e. The Balaban J connectivity index is 1.37. The van der Waals surface area contributed by atoms with Gasteiger partial charge in [0.2, 0.25) is 0 Å². The van der Waals surface area contributed by atoms with Crippen LogP contribution in [0, 0.1) is 16.7 Å². The number of ether oxygens (including phenoxy) is 7. The predicted octanol–water partition coefficient (Wildman–Crippen LogP) is 5.88. The van der Waals surface area contributed by atoms with Gasteiger partial charge in [-0.3, -0.25) is 4.79 Å². The van der Waals surface area contributed by atoms with Crippen LogP contribution >= 0.6 is 0 Å². The Morgan fingerprint density at radius 1 is 0.917 bits per heavy atom. The van der Waals surface area contributed by atoms with Gasteiger partial charge in [-0.05, 0) is 83.2 Å². The second kappa shape index (κ2) is 15.2. The van der Waals surface area contributed by atoms with Crippen LogP contribution in [0.2, 0.25) is 0 Å². The second-order valence-corrected chi connectivity index (χ2v) is 19.3. The zero-order chi connectivity index (χ0) is 43.8. The van der Waals surface area contributed by atoms with Crippen LogP contribution in [-0.2, 0) is 42.7 Å². The molecule has 2 bridgehead atoms. The summed E-state index contributed by atoms with van der Waals surface area (Å²) in [5.74, 6) is -4.44. The minimum absolute atomic E-state index is 0.0209. The molecule has 0 spiro atoms. The Labute approximate surface area is 351 Å². The minimum Gasteiger partial charge on any atom is -0.456 e. The molecule has 0 unspecified atom stereocenters. The van der Waals surface area contributed by atoms with Gasteiger partial charge >= 0.3 is 24.0 Å². The van der Waals surface area contributed by atoms with Crippen LogP contribution in [0.5, 0.6) is 0 Å². The van der Waals surface area contributed by atoms with Crippen molar-refractivity contribution < 1.29 is 62.5 Å². The van der Waals surface area contributed by atoms with Crippen molar-refractivity contribution >= 4 is 24.0 Å². The van der Waals surface area contributed by atoms with Crippen molar-refractivity contribution in [1.29, 1.82) is 0 Å². The first kappa shape index (κ1) is 43.7. The number of hydrogen-bond donors (Lipinski definition) is 3. The fourth-order valence-electron chi connectivity index (χ4n) is 10.7. The molecule has 2 saturated carbocycles. The first-order valence-electron chi connectivity index (χ1n) is 20.7. The van der Waals surface area contributed by atoms with E-state index < -0.39 is 106 Å². The average molecular weight is 834 g/mol. The van der Waals surface area contributed by atoms with Crippen LogP contribution in [0.3, 0.4) is 0 Å². The van der Waals surface area contributed by atoms with Gasteiger partial charge in [-0.25, -0.2) is 14.4 Å². The molecule has 5 aliphatic rings. The summed E-state index contributed by atoms with van der Waals surface area (Å²) in [4.78, 5) is 54.8. The number of carbonyl (C=O) groups is 4. The summed E-state index contributed by atoms with van der Waals surface area (Å²) in [6.45, 7) is 17.5. The zero-order valence-corrected chi connectivity index (χ0v) is 36.1. The van der Waals surface area contributed by atoms with Crippen LogP contribution in [0.4, 0.5) is 4.79 Å². The lowest BCUT2D eigenvalue weighted by Gasteiger charge is -2.68. The van der Waals surface area contributed by atoms with Gasteiger partial charge in [0.05, 0.1) is 30.2 Å². The quantitative estimate of drug-likeness (QED) is 0.163. The molecule has 326 valence electrons. The van der Waals surface area contributed by atoms with E-state index in [0.29, 0.717) is 29.6 Å². The van der Waals surface area contributed by atoms with E-state index in [1.165, 1.54) is 6.92 Å². The third kappa shape index (κ3) is 7.42. The van der Waals surface area contributed by atoms with Gasteiger partial charge in [-0.1, -0.05) is 69.3 Å². The molecule has 2 heterocycles. The van der Waals surface area contributed by atoms with Gasteiger partial charge in [0, 0.05) is 24.2 Å². The van der Waals surface area contributed by atoms with Gasteiger partial charge in [0.15, 0.2) is 17.5 Å². The number of rotatable bonds is 8. The molecule has 3 N–H and O–H groups in total. The Morgan fingerprint density at radius 2 is 1.55 bits per heavy atom. The molecule has 14 nitrogen and oxygen atoms in total. The number of fused-ring (bicyclic) bond motifs is 8. The molecule has 14 heteroatoms. The number of aliphatic hydroxyl groups is 2. The van der Waals surface area contributed by atoms with E-state index in [0.717, 1.165) is 0 Å². The number of aliphatic hydroxyl groups excluding tert-OH is 1.